The van der Waals surface area contributed by atoms with Crippen LogP contribution in [0.2, 0.25) is 0 Å². The molecule has 1 unspecified atom stereocenters. The molecule has 4 nitrogen and oxygen atoms in total. The van der Waals surface area contributed by atoms with Crippen molar-refractivity contribution < 1.29 is 9.53 Å². The van der Waals surface area contributed by atoms with Gasteiger partial charge < -0.3 is 10.1 Å². The molecular formula is C15H20N2O2S. The first-order valence-corrected chi connectivity index (χ1v) is 7.79. The minimum absolute atomic E-state index is 0.159. The van der Waals surface area contributed by atoms with Gasteiger partial charge in [0, 0.05) is 5.75 Å². The third-order valence-corrected chi connectivity index (χ3v) is 3.91. The Morgan fingerprint density at radius 3 is 2.85 bits per heavy atom. The first-order valence-electron chi connectivity index (χ1n) is 6.81. The number of hydrogen-bond donors (Lipinski definition) is 1. The minimum atomic E-state index is -0.540. The number of aliphatic imine (C=N–C) groups is 1. The van der Waals surface area contributed by atoms with Crippen molar-refractivity contribution in [3.63, 3.8) is 0 Å². The van der Waals surface area contributed by atoms with Gasteiger partial charge in [-0.3, -0.25) is 9.79 Å². The SMILES string of the molecule is CC(Oc1cccc(C(C)C)c1)C(=O)NC1=NCCS1. The summed E-state index contributed by atoms with van der Waals surface area (Å²) in [5.41, 5.74) is 1.20. The summed E-state index contributed by atoms with van der Waals surface area (Å²) in [5, 5.41) is 3.48. The Labute approximate surface area is 124 Å². The van der Waals surface area contributed by atoms with Gasteiger partial charge in [-0.15, -0.1) is 0 Å². The van der Waals surface area contributed by atoms with Crippen molar-refractivity contribution in [2.45, 2.75) is 32.8 Å². The molecule has 108 valence electrons. The van der Waals surface area contributed by atoms with Crippen molar-refractivity contribution in [2.24, 2.45) is 4.99 Å². The number of ether oxygens (including phenoxy) is 1. The number of thioether (sulfide) groups is 1. The van der Waals surface area contributed by atoms with Crippen molar-refractivity contribution >= 4 is 22.8 Å². The van der Waals surface area contributed by atoms with Crippen molar-refractivity contribution in [1.82, 2.24) is 5.32 Å². The molecule has 1 atom stereocenters. The van der Waals surface area contributed by atoms with E-state index in [0.29, 0.717) is 11.1 Å². The molecule has 1 aromatic carbocycles. The highest BCUT2D eigenvalue weighted by Gasteiger charge is 2.18. The van der Waals surface area contributed by atoms with Gasteiger partial charge in [-0.05, 0) is 30.5 Å². The summed E-state index contributed by atoms with van der Waals surface area (Å²) >= 11 is 1.56. The fraction of sp³-hybridized carbons (Fsp3) is 0.467. The molecule has 0 radical (unpaired) electrons. The van der Waals surface area contributed by atoms with E-state index >= 15 is 0 Å². The lowest BCUT2D eigenvalue weighted by Gasteiger charge is -2.15. The molecule has 20 heavy (non-hydrogen) atoms. The van der Waals surface area contributed by atoms with Gasteiger partial charge >= 0.3 is 0 Å². The van der Waals surface area contributed by atoms with Crippen LogP contribution in [-0.4, -0.2) is 29.5 Å². The highest BCUT2D eigenvalue weighted by Crippen LogP contribution is 2.21. The maximum absolute atomic E-state index is 12.0. The molecule has 0 bridgehead atoms. The van der Waals surface area contributed by atoms with Crippen LogP contribution in [0.25, 0.3) is 0 Å². The van der Waals surface area contributed by atoms with Crippen LogP contribution in [0.15, 0.2) is 29.3 Å². The van der Waals surface area contributed by atoms with Gasteiger partial charge in [-0.25, -0.2) is 0 Å². The van der Waals surface area contributed by atoms with Crippen LogP contribution >= 0.6 is 11.8 Å². The second-order valence-corrected chi connectivity index (χ2v) is 6.10. The predicted octanol–water partition coefficient (Wildman–Crippen LogP) is 2.80. The molecule has 1 heterocycles. The lowest BCUT2D eigenvalue weighted by atomic mass is 10.0. The highest BCUT2D eigenvalue weighted by atomic mass is 32.2. The van der Waals surface area contributed by atoms with Gasteiger partial charge in [0.25, 0.3) is 5.91 Å². The van der Waals surface area contributed by atoms with E-state index in [1.54, 1.807) is 18.7 Å². The Hall–Kier alpha value is -1.49. The van der Waals surface area contributed by atoms with Gasteiger partial charge in [0.2, 0.25) is 0 Å². The second kappa shape index (κ2) is 6.79. The number of amides is 1. The smallest absolute Gasteiger partial charge is 0.266 e. The monoisotopic (exact) mass is 292 g/mol. The standard InChI is InChI=1S/C15H20N2O2S/c1-10(2)12-5-4-6-13(9-12)19-11(3)14(18)17-15-16-7-8-20-15/h4-6,9-11H,7-8H2,1-3H3,(H,16,17,18). The molecule has 0 saturated carbocycles. The summed E-state index contributed by atoms with van der Waals surface area (Å²) in [6, 6.07) is 7.87. The largest absolute Gasteiger partial charge is 0.481 e. The predicted molar refractivity (Wildman–Crippen MR) is 83.5 cm³/mol. The van der Waals surface area contributed by atoms with E-state index in [0.717, 1.165) is 18.0 Å². The summed E-state index contributed by atoms with van der Waals surface area (Å²) in [6.45, 7) is 6.78. The van der Waals surface area contributed by atoms with E-state index < -0.39 is 6.10 Å². The fourth-order valence-corrected chi connectivity index (χ4v) is 2.55. The molecule has 0 aliphatic carbocycles. The number of carbonyl (C=O) groups is 1. The number of nitrogens with zero attached hydrogens (tertiary/aromatic N) is 1. The molecule has 1 aromatic rings. The Morgan fingerprint density at radius 2 is 2.20 bits per heavy atom. The molecule has 5 heteroatoms. The molecule has 2 rings (SSSR count). The maximum Gasteiger partial charge on any atom is 0.266 e. The first kappa shape index (κ1) is 14.9. The zero-order valence-corrected chi connectivity index (χ0v) is 12.9. The van der Waals surface area contributed by atoms with Crippen LogP contribution in [0.5, 0.6) is 5.75 Å². The van der Waals surface area contributed by atoms with E-state index in [-0.39, 0.29) is 5.91 Å². The number of carbonyl (C=O) groups excluding carboxylic acids is 1. The molecule has 1 amide bonds. The zero-order chi connectivity index (χ0) is 14.5. The molecule has 0 saturated heterocycles. The Morgan fingerprint density at radius 1 is 1.40 bits per heavy atom. The van der Waals surface area contributed by atoms with Crippen LogP contribution in [-0.2, 0) is 4.79 Å². The van der Waals surface area contributed by atoms with Gasteiger partial charge in [-0.2, -0.15) is 0 Å². The third-order valence-electron chi connectivity index (χ3n) is 3.02. The van der Waals surface area contributed by atoms with Gasteiger partial charge in [-0.1, -0.05) is 37.7 Å². The lowest BCUT2D eigenvalue weighted by molar-refractivity contribution is -0.125. The van der Waals surface area contributed by atoms with Crippen molar-refractivity contribution in [2.75, 3.05) is 12.3 Å². The van der Waals surface area contributed by atoms with E-state index in [9.17, 15) is 4.79 Å². The van der Waals surface area contributed by atoms with E-state index in [2.05, 4.69) is 30.2 Å². The lowest BCUT2D eigenvalue weighted by Crippen LogP contribution is -2.38. The van der Waals surface area contributed by atoms with Crippen LogP contribution in [0.3, 0.4) is 0 Å². The molecule has 1 aliphatic rings. The number of rotatable bonds is 4. The Kier molecular flexibility index (Phi) is 5.06. The molecule has 1 N–H and O–H groups in total. The summed E-state index contributed by atoms with van der Waals surface area (Å²) in [5.74, 6) is 1.93. The van der Waals surface area contributed by atoms with Gasteiger partial charge in [0.1, 0.15) is 5.75 Å². The van der Waals surface area contributed by atoms with Crippen LogP contribution in [0.4, 0.5) is 0 Å². The topological polar surface area (TPSA) is 50.7 Å². The van der Waals surface area contributed by atoms with E-state index in [1.807, 2.05) is 18.2 Å². The summed E-state index contributed by atoms with van der Waals surface area (Å²) in [6.07, 6.45) is -0.540. The number of benzene rings is 1. The van der Waals surface area contributed by atoms with Crippen molar-refractivity contribution in [3.05, 3.63) is 29.8 Å². The maximum atomic E-state index is 12.0. The average Bonchev–Trinajstić information content (AvgIpc) is 2.91. The van der Waals surface area contributed by atoms with Gasteiger partial charge in [0.15, 0.2) is 11.3 Å². The third kappa shape index (κ3) is 4.00. The first-order chi connectivity index (χ1) is 9.56. The fourth-order valence-electron chi connectivity index (χ4n) is 1.82. The van der Waals surface area contributed by atoms with Crippen molar-refractivity contribution in [3.8, 4) is 5.75 Å². The molecular weight excluding hydrogens is 272 g/mol. The molecule has 0 aromatic heterocycles. The summed E-state index contributed by atoms with van der Waals surface area (Å²) < 4.78 is 5.70. The van der Waals surface area contributed by atoms with E-state index in [1.165, 1.54) is 5.56 Å². The minimum Gasteiger partial charge on any atom is -0.481 e. The number of hydrogen-bond acceptors (Lipinski definition) is 4. The van der Waals surface area contributed by atoms with E-state index in [4.69, 9.17) is 4.74 Å². The average molecular weight is 292 g/mol. The van der Waals surface area contributed by atoms with Crippen LogP contribution < -0.4 is 10.1 Å². The summed E-state index contributed by atoms with van der Waals surface area (Å²) in [7, 11) is 0. The Balaban J connectivity index is 1.94. The molecule has 0 spiro atoms. The molecule has 0 fully saturated rings. The van der Waals surface area contributed by atoms with Crippen molar-refractivity contribution in [1.29, 1.82) is 0 Å². The second-order valence-electron chi connectivity index (χ2n) is 5.01. The zero-order valence-electron chi connectivity index (χ0n) is 12.1. The number of nitrogens with one attached hydrogen (secondary N) is 1. The van der Waals surface area contributed by atoms with Gasteiger partial charge in [0.05, 0.1) is 6.54 Å². The van der Waals surface area contributed by atoms with Crippen LogP contribution in [0, 0.1) is 0 Å². The Bertz CT molecular complexity index is 514. The summed E-state index contributed by atoms with van der Waals surface area (Å²) in [4.78, 5) is 16.2. The molecule has 1 aliphatic heterocycles. The normalized spacial score (nSPS) is 15.9. The number of amidine groups is 1. The van der Waals surface area contributed by atoms with Crippen LogP contribution in [0.1, 0.15) is 32.3 Å². The highest BCUT2D eigenvalue weighted by molar-refractivity contribution is 8.14. The quantitative estimate of drug-likeness (QED) is 0.928.